The average molecular weight is 467 g/mol. The lowest BCUT2D eigenvalue weighted by molar-refractivity contribution is -0.117. The van der Waals surface area contributed by atoms with Crippen molar-refractivity contribution >= 4 is 27.9 Å². The average Bonchev–Trinajstić information content (AvgIpc) is 3.33. The lowest BCUT2D eigenvalue weighted by atomic mass is 10.1. The molecule has 2 heterocycles. The number of nitrogens with one attached hydrogen (secondary N) is 2. The number of nitrogens with zero attached hydrogens (tertiary/aromatic N) is 5. The van der Waals surface area contributed by atoms with Gasteiger partial charge in [-0.3, -0.25) is 10.1 Å². The Bertz CT molecular complexity index is 1130. The molecule has 2 N–H and O–H groups in total. The summed E-state index contributed by atoms with van der Waals surface area (Å²) >= 11 is 0. The van der Waals surface area contributed by atoms with Crippen molar-refractivity contribution in [3.8, 4) is 5.75 Å². The van der Waals surface area contributed by atoms with Gasteiger partial charge in [0, 0.05) is 6.04 Å². The number of sulfonamides is 1. The molecule has 3 amide bonds. The smallest absolute Gasteiger partial charge is 0.331 e. The first-order valence-electron chi connectivity index (χ1n) is 10.0. The van der Waals surface area contributed by atoms with Gasteiger partial charge in [0.25, 0.3) is 5.95 Å². The fraction of sp³-hybridized carbons (Fsp3) is 0.500. The first-order valence-corrected chi connectivity index (χ1v) is 11.7. The van der Waals surface area contributed by atoms with Crippen LogP contribution in [0.2, 0.25) is 0 Å². The molecular weight excluding hydrogens is 445 g/mol. The molecule has 1 atom stereocenters. The molecule has 14 heteroatoms. The maximum Gasteiger partial charge on any atom is 0.331 e. The van der Waals surface area contributed by atoms with Crippen molar-refractivity contribution in [2.24, 2.45) is 5.92 Å². The van der Waals surface area contributed by atoms with Crippen molar-refractivity contribution in [3.05, 3.63) is 29.6 Å². The molecule has 12 nitrogen and oxygen atoms in total. The van der Waals surface area contributed by atoms with Crippen LogP contribution in [0, 0.1) is 11.7 Å². The van der Waals surface area contributed by atoms with E-state index in [-0.39, 0.29) is 30.5 Å². The molecule has 0 spiro atoms. The van der Waals surface area contributed by atoms with Crippen LogP contribution in [0.1, 0.15) is 31.4 Å². The highest BCUT2D eigenvalue weighted by atomic mass is 32.2. The van der Waals surface area contributed by atoms with Crippen LogP contribution >= 0.6 is 0 Å². The van der Waals surface area contributed by atoms with Crippen molar-refractivity contribution in [3.63, 3.8) is 0 Å². The van der Waals surface area contributed by atoms with Gasteiger partial charge in [-0.25, -0.2) is 27.2 Å². The molecule has 32 heavy (non-hydrogen) atoms. The maximum atomic E-state index is 14.0. The number of aryl methyl sites for hydroxylation is 1. The number of hydrogen-bond acceptors (Lipinski definition) is 8. The van der Waals surface area contributed by atoms with Crippen LogP contribution in [0.4, 0.5) is 15.1 Å². The largest absolute Gasteiger partial charge is 0.490 e. The zero-order valence-electron chi connectivity index (χ0n) is 17.2. The first-order chi connectivity index (χ1) is 15.2. The third-order valence-electron chi connectivity index (χ3n) is 5.02. The Hall–Kier alpha value is -3.13. The molecule has 1 aromatic heterocycles. The summed E-state index contributed by atoms with van der Waals surface area (Å²) in [6.07, 6.45) is 2.14. The summed E-state index contributed by atoms with van der Waals surface area (Å²) < 4.78 is 47.0. The van der Waals surface area contributed by atoms with Crippen molar-refractivity contribution in [1.82, 2.24) is 30.2 Å². The number of rotatable bonds is 10. The van der Waals surface area contributed by atoms with Crippen LogP contribution in [-0.2, 0) is 21.4 Å². The lowest BCUT2D eigenvalue weighted by Crippen LogP contribution is -2.31. The summed E-state index contributed by atoms with van der Waals surface area (Å²) in [5, 5.41) is 13.4. The molecule has 0 radical (unpaired) electrons. The summed E-state index contributed by atoms with van der Waals surface area (Å²) in [4.78, 5) is 24.9. The topological polar surface area (TPSA) is 148 Å². The molecule has 1 saturated heterocycles. The molecular formula is C18H22FN7O5S. The van der Waals surface area contributed by atoms with Crippen molar-refractivity contribution < 1.29 is 27.1 Å². The minimum atomic E-state index is -3.76. The van der Waals surface area contributed by atoms with E-state index in [1.54, 1.807) is 6.92 Å². The van der Waals surface area contributed by atoms with Gasteiger partial charge in [-0.05, 0) is 48.6 Å². The third kappa shape index (κ3) is 5.37. The molecule has 2 aliphatic rings. The number of tetrazole rings is 1. The Morgan fingerprint density at radius 2 is 2.12 bits per heavy atom. The summed E-state index contributed by atoms with van der Waals surface area (Å²) in [5.41, 5.74) is 0.562. The molecule has 4 rings (SSSR count). The predicted molar refractivity (Wildman–Crippen MR) is 109 cm³/mol. The molecule has 0 unspecified atom stereocenters. The minimum Gasteiger partial charge on any atom is -0.490 e. The Labute approximate surface area is 183 Å². The lowest BCUT2D eigenvalue weighted by Gasteiger charge is -2.16. The molecule has 1 aliphatic carbocycles. The van der Waals surface area contributed by atoms with Gasteiger partial charge in [0.05, 0.1) is 18.9 Å². The van der Waals surface area contributed by atoms with Gasteiger partial charge in [0.15, 0.2) is 11.6 Å². The molecule has 1 saturated carbocycles. The summed E-state index contributed by atoms with van der Waals surface area (Å²) in [6, 6.07) is 2.96. The highest BCUT2D eigenvalue weighted by Gasteiger charge is 2.31. The normalized spacial score (nSPS) is 17.5. The van der Waals surface area contributed by atoms with Crippen LogP contribution in [0.25, 0.3) is 0 Å². The molecule has 0 bridgehead atoms. The third-order valence-corrected chi connectivity index (χ3v) is 6.45. The minimum absolute atomic E-state index is 0.0999. The quantitative estimate of drug-likeness (QED) is 0.475. The Morgan fingerprint density at radius 3 is 2.81 bits per heavy atom. The fourth-order valence-electron chi connectivity index (χ4n) is 3.03. The van der Waals surface area contributed by atoms with Crippen LogP contribution in [0.5, 0.6) is 5.75 Å². The summed E-state index contributed by atoms with van der Waals surface area (Å²) in [5.74, 6) is -0.883. The van der Waals surface area contributed by atoms with Gasteiger partial charge in [-0.15, -0.1) is 5.10 Å². The number of aromatic nitrogens is 4. The fourth-order valence-corrected chi connectivity index (χ4v) is 4.23. The van der Waals surface area contributed by atoms with E-state index in [2.05, 4.69) is 25.4 Å². The number of carbonyl (C=O) groups is 2. The van der Waals surface area contributed by atoms with Crippen LogP contribution in [-0.4, -0.2) is 59.5 Å². The van der Waals surface area contributed by atoms with Crippen molar-refractivity contribution in [2.45, 2.75) is 32.4 Å². The monoisotopic (exact) mass is 467 g/mol. The van der Waals surface area contributed by atoms with E-state index < -0.39 is 33.8 Å². The summed E-state index contributed by atoms with van der Waals surface area (Å²) in [7, 11) is -3.76. The number of amides is 3. The van der Waals surface area contributed by atoms with Gasteiger partial charge in [-0.1, -0.05) is 11.2 Å². The molecule has 1 aromatic carbocycles. The van der Waals surface area contributed by atoms with Crippen LogP contribution in [0.3, 0.4) is 0 Å². The number of anilines is 1. The number of ether oxygens (including phenoxy) is 1. The number of benzene rings is 1. The van der Waals surface area contributed by atoms with E-state index in [1.807, 2.05) is 0 Å². The van der Waals surface area contributed by atoms with Gasteiger partial charge in [0.1, 0.15) is 6.54 Å². The Morgan fingerprint density at radius 1 is 1.34 bits per heavy atom. The number of hydrogen-bond donors (Lipinski definition) is 2. The number of halogens is 1. The van der Waals surface area contributed by atoms with E-state index >= 15 is 0 Å². The second-order valence-electron chi connectivity index (χ2n) is 7.73. The molecule has 1 aliphatic heterocycles. The van der Waals surface area contributed by atoms with E-state index in [9.17, 15) is 22.4 Å². The van der Waals surface area contributed by atoms with E-state index in [0.717, 1.165) is 22.5 Å². The van der Waals surface area contributed by atoms with Gasteiger partial charge in [0.2, 0.25) is 15.9 Å². The van der Waals surface area contributed by atoms with Crippen LogP contribution < -0.4 is 19.7 Å². The Kier molecular flexibility index (Phi) is 6.06. The number of urea groups is 1. The van der Waals surface area contributed by atoms with Gasteiger partial charge < -0.3 is 4.74 Å². The highest BCUT2D eigenvalue weighted by molar-refractivity contribution is 7.89. The number of imide groups is 1. The first kappa shape index (κ1) is 22.1. The highest BCUT2D eigenvalue weighted by Crippen LogP contribution is 2.31. The van der Waals surface area contributed by atoms with Crippen molar-refractivity contribution in [2.75, 3.05) is 23.8 Å². The SMILES string of the molecule is C[C@@H](NS(=O)(=O)CCn1nnc(N2CC(=O)NC2=O)n1)c1ccc(F)c(OCC2CC2)c1. The molecule has 2 fully saturated rings. The standard InChI is InChI=1S/C18H22FN7O5S/c1-11(13-4-5-14(19)15(8-13)31-10-12-2-3-12)23-32(29,30)7-6-26-22-17(21-24-26)25-9-16(27)20-18(25)28/h4-5,8,11-12,23H,2-3,6-7,9-10H2,1H3,(H,20,27,28)/t11-/m1/s1. The zero-order chi connectivity index (χ0) is 22.9. The second-order valence-corrected chi connectivity index (χ2v) is 9.60. The molecule has 2 aromatic rings. The van der Waals surface area contributed by atoms with E-state index in [4.69, 9.17) is 4.74 Å². The zero-order valence-corrected chi connectivity index (χ0v) is 18.0. The Balaban J connectivity index is 1.33. The summed E-state index contributed by atoms with van der Waals surface area (Å²) in [6.45, 7) is 1.73. The van der Waals surface area contributed by atoms with E-state index in [1.165, 1.54) is 18.2 Å². The van der Waals surface area contributed by atoms with Crippen LogP contribution in [0.15, 0.2) is 18.2 Å². The van der Waals surface area contributed by atoms with E-state index in [0.29, 0.717) is 18.1 Å². The van der Waals surface area contributed by atoms with Gasteiger partial charge >= 0.3 is 6.03 Å². The second kappa shape index (κ2) is 8.78. The maximum absolute atomic E-state index is 14.0. The van der Waals surface area contributed by atoms with Crippen molar-refractivity contribution in [1.29, 1.82) is 0 Å². The van der Waals surface area contributed by atoms with Gasteiger partial charge in [-0.2, -0.15) is 4.80 Å². The molecule has 172 valence electrons. The predicted octanol–water partition coefficient (Wildman–Crippen LogP) is 0.338. The number of carbonyl (C=O) groups excluding carboxylic acids is 2.